The number of urea groups is 1. The summed E-state index contributed by atoms with van der Waals surface area (Å²) in [7, 11) is 5.81. The van der Waals surface area contributed by atoms with E-state index in [1.54, 1.807) is 6.20 Å². The van der Waals surface area contributed by atoms with Gasteiger partial charge in [-0.1, -0.05) is 0 Å². The molecule has 0 radical (unpaired) electrons. The van der Waals surface area contributed by atoms with Crippen molar-refractivity contribution < 1.29 is 4.79 Å². The van der Waals surface area contributed by atoms with Crippen LogP contribution in [0.1, 0.15) is 18.4 Å². The molecule has 0 aromatic carbocycles. The fraction of sp³-hybridized carbons (Fsp3) is 0.476. The van der Waals surface area contributed by atoms with Gasteiger partial charge in [-0.2, -0.15) is 14.6 Å². The van der Waals surface area contributed by atoms with Crippen molar-refractivity contribution >= 4 is 45.4 Å². The molecule has 11 heteroatoms. The van der Waals surface area contributed by atoms with Crippen LogP contribution in [0.15, 0.2) is 18.5 Å². The molecule has 3 aromatic heterocycles. The molecular weight excluding hydrogens is 426 g/mol. The molecular formula is C21H25N9OS. The van der Waals surface area contributed by atoms with Crippen molar-refractivity contribution in [1.29, 1.82) is 5.26 Å². The van der Waals surface area contributed by atoms with Crippen LogP contribution < -0.4 is 15.1 Å². The zero-order chi connectivity index (χ0) is 22.4. The molecule has 2 amide bonds. The SMILES string of the molecule is CN(C)c1nsc(NC(=O)N2C[C@H]3CC(N(C)c4c(C#N)cnc5[nH]ccc45)C[C@H]3C2)n1. The zero-order valence-corrected chi connectivity index (χ0v) is 19.1. The lowest BCUT2D eigenvalue weighted by Gasteiger charge is -2.29. The summed E-state index contributed by atoms with van der Waals surface area (Å²) in [4.78, 5) is 30.5. The van der Waals surface area contributed by atoms with E-state index in [-0.39, 0.29) is 6.03 Å². The van der Waals surface area contributed by atoms with Crippen molar-refractivity contribution in [2.45, 2.75) is 18.9 Å². The van der Waals surface area contributed by atoms with Crippen LogP contribution in [0.25, 0.3) is 11.0 Å². The van der Waals surface area contributed by atoms with Gasteiger partial charge in [-0.3, -0.25) is 5.32 Å². The highest BCUT2D eigenvalue weighted by atomic mass is 32.1. The van der Waals surface area contributed by atoms with E-state index in [1.165, 1.54) is 11.5 Å². The number of aromatic nitrogens is 4. The summed E-state index contributed by atoms with van der Waals surface area (Å²) in [6, 6.07) is 4.49. The molecule has 2 aliphatic rings. The number of H-pyrrole nitrogens is 1. The highest BCUT2D eigenvalue weighted by Crippen LogP contribution is 2.42. The Morgan fingerprint density at radius 1 is 1.31 bits per heavy atom. The van der Waals surface area contributed by atoms with E-state index in [1.807, 2.05) is 36.2 Å². The number of hydrogen-bond acceptors (Lipinski definition) is 8. The van der Waals surface area contributed by atoms with E-state index in [0.717, 1.165) is 42.7 Å². The Bertz CT molecular complexity index is 1180. The monoisotopic (exact) mass is 451 g/mol. The Balaban J connectivity index is 1.25. The van der Waals surface area contributed by atoms with Gasteiger partial charge in [-0.25, -0.2) is 9.78 Å². The number of aromatic amines is 1. The third-order valence-electron chi connectivity index (χ3n) is 6.62. The third kappa shape index (κ3) is 3.50. The fourth-order valence-corrected chi connectivity index (χ4v) is 5.63. The first kappa shape index (κ1) is 20.5. The summed E-state index contributed by atoms with van der Waals surface area (Å²) in [5.74, 6) is 1.50. The van der Waals surface area contributed by atoms with Gasteiger partial charge in [-0.15, -0.1) is 0 Å². The smallest absolute Gasteiger partial charge is 0.323 e. The summed E-state index contributed by atoms with van der Waals surface area (Å²) in [6.07, 6.45) is 5.48. The number of rotatable bonds is 4. The fourth-order valence-electron chi connectivity index (χ4n) is 5.01. The molecule has 2 N–H and O–H groups in total. The van der Waals surface area contributed by atoms with E-state index in [9.17, 15) is 10.1 Å². The standard InChI is InChI=1S/C21H25N9OS/c1-28(2)19-25-20(32-27-19)26-21(31)30-10-12-6-15(7-13(12)11-30)29(3)17-14(8-22)9-24-18-16(17)4-5-23-18/h4-5,9,12-13,15H,6-7,10-11H2,1-3H3,(H,23,24)(H,25,26,27,31)/t12-,13+,15?. The molecule has 1 saturated carbocycles. The Labute approximate surface area is 190 Å². The second-order valence-electron chi connectivity index (χ2n) is 8.76. The number of hydrogen-bond donors (Lipinski definition) is 2. The maximum absolute atomic E-state index is 12.7. The number of carbonyl (C=O) groups excluding carboxylic acids is 1. The summed E-state index contributed by atoms with van der Waals surface area (Å²) in [5, 5.41) is 14.0. The van der Waals surface area contributed by atoms with E-state index in [2.05, 4.69) is 42.7 Å². The number of anilines is 3. The number of likely N-dealkylation sites (tertiary alicyclic amines) is 1. The number of carbonyl (C=O) groups is 1. The first-order valence-electron chi connectivity index (χ1n) is 10.6. The number of nitrogens with one attached hydrogen (secondary N) is 2. The number of amides is 2. The van der Waals surface area contributed by atoms with E-state index in [0.29, 0.717) is 34.5 Å². The lowest BCUT2D eigenvalue weighted by molar-refractivity contribution is 0.218. The minimum atomic E-state index is -0.110. The highest BCUT2D eigenvalue weighted by Gasteiger charge is 2.44. The van der Waals surface area contributed by atoms with Gasteiger partial charge in [0.25, 0.3) is 0 Å². The summed E-state index contributed by atoms with van der Waals surface area (Å²) >= 11 is 1.19. The van der Waals surface area contributed by atoms with Crippen molar-refractivity contribution in [2.75, 3.05) is 49.3 Å². The number of nitriles is 1. The molecule has 1 aliphatic carbocycles. The molecule has 4 heterocycles. The van der Waals surface area contributed by atoms with Gasteiger partial charge in [0, 0.05) is 69.6 Å². The van der Waals surface area contributed by atoms with Crippen molar-refractivity contribution in [1.82, 2.24) is 24.2 Å². The first-order chi connectivity index (χ1) is 15.4. The average molecular weight is 452 g/mol. The van der Waals surface area contributed by atoms with Gasteiger partial charge in [-0.05, 0) is 30.7 Å². The largest absolute Gasteiger partial charge is 0.370 e. The molecule has 10 nitrogen and oxygen atoms in total. The predicted molar refractivity (Wildman–Crippen MR) is 124 cm³/mol. The molecule has 3 aromatic rings. The first-order valence-corrected chi connectivity index (χ1v) is 11.4. The molecule has 1 unspecified atom stereocenters. The van der Waals surface area contributed by atoms with Crippen LogP contribution in [0.3, 0.4) is 0 Å². The maximum Gasteiger partial charge on any atom is 0.323 e. The minimum Gasteiger partial charge on any atom is -0.370 e. The Kier molecular flexibility index (Phi) is 5.09. The maximum atomic E-state index is 12.7. The average Bonchev–Trinajstić information content (AvgIpc) is 3.54. The molecule has 1 aliphatic heterocycles. The lowest BCUT2D eigenvalue weighted by Crippen LogP contribution is -2.36. The molecule has 0 bridgehead atoms. The van der Waals surface area contributed by atoms with E-state index >= 15 is 0 Å². The van der Waals surface area contributed by atoms with Crippen LogP contribution in [0.4, 0.5) is 21.6 Å². The van der Waals surface area contributed by atoms with E-state index < -0.39 is 0 Å². The quantitative estimate of drug-likeness (QED) is 0.626. The molecule has 32 heavy (non-hydrogen) atoms. The van der Waals surface area contributed by atoms with Crippen molar-refractivity contribution in [3.05, 3.63) is 24.0 Å². The summed E-state index contributed by atoms with van der Waals surface area (Å²) < 4.78 is 4.23. The lowest BCUT2D eigenvalue weighted by atomic mass is 10.0. The molecule has 5 rings (SSSR count). The second-order valence-corrected chi connectivity index (χ2v) is 9.51. The van der Waals surface area contributed by atoms with Gasteiger partial charge < -0.3 is 19.7 Å². The van der Waals surface area contributed by atoms with Gasteiger partial charge >= 0.3 is 6.03 Å². The van der Waals surface area contributed by atoms with Crippen LogP contribution in [0, 0.1) is 23.2 Å². The van der Waals surface area contributed by atoms with Crippen LogP contribution >= 0.6 is 11.5 Å². The Morgan fingerprint density at radius 2 is 2.06 bits per heavy atom. The second kappa shape index (κ2) is 7.94. The van der Waals surface area contributed by atoms with Crippen molar-refractivity contribution in [3.63, 3.8) is 0 Å². The third-order valence-corrected chi connectivity index (χ3v) is 7.24. The van der Waals surface area contributed by atoms with Gasteiger partial charge in [0.05, 0.1) is 11.3 Å². The van der Waals surface area contributed by atoms with Crippen LogP contribution in [0.5, 0.6) is 0 Å². The molecule has 0 spiro atoms. The van der Waals surface area contributed by atoms with Crippen molar-refractivity contribution in [3.8, 4) is 6.07 Å². The predicted octanol–water partition coefficient (Wildman–Crippen LogP) is 2.73. The molecule has 166 valence electrons. The number of nitrogens with zero attached hydrogens (tertiary/aromatic N) is 7. The highest BCUT2D eigenvalue weighted by molar-refractivity contribution is 7.10. The van der Waals surface area contributed by atoms with E-state index in [4.69, 9.17) is 0 Å². The molecule has 2 fully saturated rings. The molecule has 1 saturated heterocycles. The number of pyridine rings is 1. The van der Waals surface area contributed by atoms with Gasteiger partial charge in [0.2, 0.25) is 11.1 Å². The zero-order valence-electron chi connectivity index (χ0n) is 18.2. The normalized spacial score (nSPS) is 22.1. The van der Waals surface area contributed by atoms with Crippen molar-refractivity contribution in [2.24, 2.45) is 11.8 Å². The minimum absolute atomic E-state index is 0.110. The van der Waals surface area contributed by atoms with Crippen LogP contribution in [-0.4, -0.2) is 70.5 Å². The van der Waals surface area contributed by atoms with Gasteiger partial charge in [0.15, 0.2) is 0 Å². The summed E-state index contributed by atoms with van der Waals surface area (Å²) in [5.41, 5.74) is 2.32. The van der Waals surface area contributed by atoms with Gasteiger partial charge in [0.1, 0.15) is 11.7 Å². The van der Waals surface area contributed by atoms with Crippen LogP contribution in [0.2, 0.25) is 0 Å². The topological polar surface area (TPSA) is 117 Å². The molecule has 3 atom stereocenters. The van der Waals surface area contributed by atoms with Crippen LogP contribution in [-0.2, 0) is 0 Å². The summed E-state index contributed by atoms with van der Waals surface area (Å²) in [6.45, 7) is 1.47. The number of fused-ring (bicyclic) bond motifs is 2. The Morgan fingerprint density at radius 3 is 2.72 bits per heavy atom. The Hall–Kier alpha value is -3.39.